The maximum atomic E-state index is 13.7. The minimum Gasteiger partial charge on any atom is -0.207 e. The van der Waals surface area contributed by atoms with Crippen LogP contribution in [0.5, 0.6) is 0 Å². The standard InChI is InChI=1S/C15H15F2NO2S/c1-11(12-6-4-3-5-7-12)18(2)21(19,20)15-9-8-13(16)10-14(15)17/h3-11H,1-2H3. The zero-order valence-electron chi connectivity index (χ0n) is 11.6. The molecule has 0 aliphatic carbocycles. The molecule has 0 bridgehead atoms. The summed E-state index contributed by atoms with van der Waals surface area (Å²) in [6.45, 7) is 1.70. The van der Waals surface area contributed by atoms with Gasteiger partial charge in [-0.05, 0) is 24.6 Å². The zero-order valence-corrected chi connectivity index (χ0v) is 12.4. The Kier molecular flexibility index (Phi) is 4.39. The van der Waals surface area contributed by atoms with E-state index in [0.29, 0.717) is 6.07 Å². The van der Waals surface area contributed by atoms with Crippen molar-refractivity contribution in [3.05, 3.63) is 65.7 Å². The van der Waals surface area contributed by atoms with E-state index in [0.717, 1.165) is 22.0 Å². The summed E-state index contributed by atoms with van der Waals surface area (Å²) in [5.41, 5.74) is 0.783. The first kappa shape index (κ1) is 15.6. The van der Waals surface area contributed by atoms with E-state index in [1.54, 1.807) is 31.2 Å². The molecule has 3 nitrogen and oxygen atoms in total. The lowest BCUT2D eigenvalue weighted by Crippen LogP contribution is -2.30. The van der Waals surface area contributed by atoms with Gasteiger partial charge in [-0.25, -0.2) is 17.2 Å². The lowest BCUT2D eigenvalue weighted by Gasteiger charge is -2.24. The Morgan fingerprint density at radius 2 is 1.67 bits per heavy atom. The minimum atomic E-state index is -4.04. The molecule has 0 heterocycles. The highest BCUT2D eigenvalue weighted by Gasteiger charge is 2.28. The van der Waals surface area contributed by atoms with Gasteiger partial charge >= 0.3 is 0 Å². The van der Waals surface area contributed by atoms with Crippen LogP contribution in [0.25, 0.3) is 0 Å². The van der Waals surface area contributed by atoms with Gasteiger partial charge in [0.05, 0.1) is 0 Å². The monoisotopic (exact) mass is 311 g/mol. The largest absolute Gasteiger partial charge is 0.246 e. The van der Waals surface area contributed by atoms with Gasteiger partial charge in [0, 0.05) is 19.2 Å². The molecule has 0 spiro atoms. The molecule has 1 unspecified atom stereocenters. The summed E-state index contributed by atoms with van der Waals surface area (Å²) < 4.78 is 52.6. The van der Waals surface area contributed by atoms with Crippen molar-refractivity contribution in [2.24, 2.45) is 0 Å². The second-order valence-electron chi connectivity index (χ2n) is 4.68. The molecule has 0 saturated heterocycles. The molecule has 0 radical (unpaired) electrons. The summed E-state index contributed by atoms with van der Waals surface area (Å²) in [4.78, 5) is -0.533. The highest BCUT2D eigenvalue weighted by molar-refractivity contribution is 7.89. The molecular weight excluding hydrogens is 296 g/mol. The van der Waals surface area contributed by atoms with Crippen LogP contribution in [-0.2, 0) is 10.0 Å². The maximum Gasteiger partial charge on any atom is 0.246 e. The van der Waals surface area contributed by atoms with Gasteiger partial charge in [-0.2, -0.15) is 4.31 Å². The van der Waals surface area contributed by atoms with Crippen molar-refractivity contribution in [2.75, 3.05) is 7.05 Å². The SMILES string of the molecule is CC(c1ccccc1)N(C)S(=O)(=O)c1ccc(F)cc1F. The molecule has 2 aromatic rings. The molecule has 6 heteroatoms. The van der Waals surface area contributed by atoms with E-state index in [1.165, 1.54) is 7.05 Å². The number of halogens is 2. The van der Waals surface area contributed by atoms with Gasteiger partial charge in [-0.1, -0.05) is 30.3 Å². The first-order valence-corrected chi connectivity index (χ1v) is 7.76. The van der Waals surface area contributed by atoms with Crippen molar-refractivity contribution >= 4 is 10.0 Å². The third-order valence-corrected chi connectivity index (χ3v) is 5.34. The Bertz CT molecular complexity index is 733. The highest BCUT2D eigenvalue weighted by Crippen LogP contribution is 2.27. The number of sulfonamides is 1. The van der Waals surface area contributed by atoms with Gasteiger partial charge in [0.15, 0.2) is 0 Å². The Hall–Kier alpha value is -1.79. The molecule has 1 atom stereocenters. The van der Waals surface area contributed by atoms with Crippen LogP contribution < -0.4 is 0 Å². The quantitative estimate of drug-likeness (QED) is 0.868. The first-order chi connectivity index (χ1) is 9.84. The van der Waals surface area contributed by atoms with E-state index < -0.39 is 32.6 Å². The summed E-state index contributed by atoms with van der Waals surface area (Å²) in [7, 11) is -2.67. The van der Waals surface area contributed by atoms with Crippen LogP contribution in [0.2, 0.25) is 0 Å². The Morgan fingerprint density at radius 1 is 1.05 bits per heavy atom. The molecule has 112 valence electrons. The van der Waals surface area contributed by atoms with E-state index in [4.69, 9.17) is 0 Å². The number of hydrogen-bond acceptors (Lipinski definition) is 2. The highest BCUT2D eigenvalue weighted by atomic mass is 32.2. The fourth-order valence-corrected chi connectivity index (χ4v) is 3.38. The normalized spacial score (nSPS) is 13.4. The number of hydrogen-bond donors (Lipinski definition) is 0. The lowest BCUT2D eigenvalue weighted by atomic mass is 10.1. The van der Waals surface area contributed by atoms with Crippen LogP contribution in [0.3, 0.4) is 0 Å². The molecule has 0 amide bonds. The summed E-state index contributed by atoms with van der Waals surface area (Å²) in [5.74, 6) is -1.91. The topological polar surface area (TPSA) is 37.4 Å². The van der Waals surface area contributed by atoms with Crippen molar-refractivity contribution in [1.29, 1.82) is 0 Å². The average molecular weight is 311 g/mol. The van der Waals surface area contributed by atoms with E-state index in [2.05, 4.69) is 0 Å². The molecule has 21 heavy (non-hydrogen) atoms. The predicted molar refractivity (Wildman–Crippen MR) is 76.2 cm³/mol. The molecule has 0 aromatic heterocycles. The smallest absolute Gasteiger partial charge is 0.207 e. The predicted octanol–water partition coefficient (Wildman–Crippen LogP) is 3.35. The van der Waals surface area contributed by atoms with E-state index in [9.17, 15) is 17.2 Å². The van der Waals surface area contributed by atoms with Crippen molar-refractivity contribution < 1.29 is 17.2 Å². The molecule has 2 aromatic carbocycles. The molecule has 0 aliphatic rings. The van der Waals surface area contributed by atoms with Gasteiger partial charge in [-0.3, -0.25) is 0 Å². The Balaban J connectivity index is 2.39. The van der Waals surface area contributed by atoms with Crippen LogP contribution >= 0.6 is 0 Å². The van der Waals surface area contributed by atoms with Crippen LogP contribution in [0, 0.1) is 11.6 Å². The molecule has 0 saturated carbocycles. The summed E-state index contributed by atoms with van der Waals surface area (Å²) in [6.07, 6.45) is 0. The fourth-order valence-electron chi connectivity index (χ4n) is 1.99. The lowest BCUT2D eigenvalue weighted by molar-refractivity contribution is 0.395. The van der Waals surface area contributed by atoms with Crippen molar-refractivity contribution in [2.45, 2.75) is 17.9 Å². The van der Waals surface area contributed by atoms with Gasteiger partial charge in [-0.15, -0.1) is 0 Å². The van der Waals surface area contributed by atoms with E-state index in [1.807, 2.05) is 6.07 Å². The summed E-state index contributed by atoms with van der Waals surface area (Å²) in [6, 6.07) is 11.0. The summed E-state index contributed by atoms with van der Waals surface area (Å²) >= 11 is 0. The van der Waals surface area contributed by atoms with Crippen LogP contribution in [0.4, 0.5) is 8.78 Å². The fraction of sp³-hybridized carbons (Fsp3) is 0.200. The van der Waals surface area contributed by atoms with Crippen molar-refractivity contribution in [1.82, 2.24) is 4.31 Å². The van der Waals surface area contributed by atoms with Crippen molar-refractivity contribution in [3.63, 3.8) is 0 Å². The van der Waals surface area contributed by atoms with Crippen LogP contribution in [0.1, 0.15) is 18.5 Å². The second kappa shape index (κ2) is 5.91. The van der Waals surface area contributed by atoms with Gasteiger partial charge < -0.3 is 0 Å². The zero-order chi connectivity index (χ0) is 15.6. The Morgan fingerprint density at radius 3 is 2.24 bits per heavy atom. The van der Waals surface area contributed by atoms with Gasteiger partial charge in [0.25, 0.3) is 0 Å². The summed E-state index contributed by atoms with van der Waals surface area (Å²) in [5, 5.41) is 0. The van der Waals surface area contributed by atoms with E-state index >= 15 is 0 Å². The minimum absolute atomic E-state index is 0.472. The molecule has 2 rings (SSSR count). The average Bonchev–Trinajstić information content (AvgIpc) is 2.46. The maximum absolute atomic E-state index is 13.7. The van der Waals surface area contributed by atoms with Crippen molar-refractivity contribution in [3.8, 4) is 0 Å². The van der Waals surface area contributed by atoms with Crippen LogP contribution in [0.15, 0.2) is 53.4 Å². The molecule has 0 fully saturated rings. The second-order valence-corrected chi connectivity index (χ2v) is 6.65. The molecule has 0 N–H and O–H groups in total. The van der Waals surface area contributed by atoms with Gasteiger partial charge in [0.1, 0.15) is 16.5 Å². The van der Waals surface area contributed by atoms with Crippen LogP contribution in [-0.4, -0.2) is 19.8 Å². The van der Waals surface area contributed by atoms with Gasteiger partial charge in [0.2, 0.25) is 10.0 Å². The molecule has 0 aliphatic heterocycles. The number of rotatable bonds is 4. The number of nitrogens with zero attached hydrogens (tertiary/aromatic N) is 1. The first-order valence-electron chi connectivity index (χ1n) is 6.32. The van der Waals surface area contributed by atoms with E-state index in [-0.39, 0.29) is 0 Å². The third kappa shape index (κ3) is 3.11. The number of benzene rings is 2. The third-order valence-electron chi connectivity index (χ3n) is 3.38. The Labute approximate surface area is 122 Å². The molecular formula is C15H15F2NO2S.